The fourth-order valence-corrected chi connectivity index (χ4v) is 6.35. The van der Waals surface area contributed by atoms with E-state index in [0.29, 0.717) is 22.1 Å². The molecule has 0 saturated carbocycles. The molecule has 2 N–H and O–H groups in total. The summed E-state index contributed by atoms with van der Waals surface area (Å²) in [6.45, 7) is 0.244. The van der Waals surface area contributed by atoms with Gasteiger partial charge in [0, 0.05) is 15.5 Å². The Bertz CT molecular complexity index is 1040. The molecule has 0 atom stereocenters. The zero-order valence-electron chi connectivity index (χ0n) is 12.1. The van der Waals surface area contributed by atoms with Crippen molar-refractivity contribution in [3.8, 4) is 0 Å². The quantitative estimate of drug-likeness (QED) is 0.707. The maximum atomic E-state index is 12.9. The number of hydrogen-bond donors (Lipinski definition) is 1. The van der Waals surface area contributed by atoms with Crippen LogP contribution in [0.15, 0.2) is 55.1 Å². The first-order chi connectivity index (χ1) is 11.1. The van der Waals surface area contributed by atoms with Crippen LogP contribution in [-0.4, -0.2) is 23.4 Å². The predicted octanol–water partition coefficient (Wildman–Crippen LogP) is 2.61. The number of primary sulfonamides is 1. The molecular formula is C14H12Br2N2O4S2. The minimum absolute atomic E-state index is 0.0229. The molecule has 0 fully saturated rings. The first-order valence-electron chi connectivity index (χ1n) is 6.74. The Morgan fingerprint density at radius 1 is 1.00 bits per heavy atom. The van der Waals surface area contributed by atoms with Gasteiger partial charge < -0.3 is 0 Å². The van der Waals surface area contributed by atoms with Crippen molar-refractivity contribution < 1.29 is 16.8 Å². The second-order valence-corrected chi connectivity index (χ2v) is 10.4. The number of nitrogens with zero attached hydrogens (tertiary/aromatic N) is 1. The number of hydrogen-bond acceptors (Lipinski definition) is 4. The van der Waals surface area contributed by atoms with E-state index in [1.807, 2.05) is 0 Å². The molecule has 0 aliphatic carbocycles. The molecule has 1 aliphatic heterocycles. The van der Waals surface area contributed by atoms with Gasteiger partial charge in [0.1, 0.15) is 4.90 Å². The number of benzene rings is 2. The summed E-state index contributed by atoms with van der Waals surface area (Å²) in [6, 6.07) is 9.05. The maximum Gasteiger partial charge on any atom is 0.265 e. The molecule has 2 aromatic carbocycles. The molecule has 0 radical (unpaired) electrons. The van der Waals surface area contributed by atoms with Gasteiger partial charge in [0.2, 0.25) is 10.0 Å². The molecule has 0 spiro atoms. The van der Waals surface area contributed by atoms with Gasteiger partial charge in [0.15, 0.2) is 0 Å². The van der Waals surface area contributed by atoms with E-state index >= 15 is 0 Å². The predicted molar refractivity (Wildman–Crippen MR) is 97.9 cm³/mol. The molecule has 3 rings (SSSR count). The summed E-state index contributed by atoms with van der Waals surface area (Å²) in [5, 5.41) is 5.13. The van der Waals surface area contributed by atoms with Crippen molar-refractivity contribution in [1.29, 1.82) is 0 Å². The summed E-state index contributed by atoms with van der Waals surface area (Å²) in [5.41, 5.74) is 1.11. The average molecular weight is 496 g/mol. The Kier molecular flexibility index (Phi) is 4.54. The molecule has 0 aromatic heterocycles. The van der Waals surface area contributed by atoms with Gasteiger partial charge in [-0.1, -0.05) is 15.9 Å². The lowest BCUT2D eigenvalue weighted by molar-refractivity contribution is 0.591. The maximum absolute atomic E-state index is 12.9. The number of anilines is 1. The largest absolute Gasteiger partial charge is 0.266 e. The van der Waals surface area contributed by atoms with Crippen LogP contribution in [0.3, 0.4) is 0 Å². The van der Waals surface area contributed by atoms with E-state index in [1.54, 1.807) is 12.1 Å². The summed E-state index contributed by atoms with van der Waals surface area (Å²) in [7, 11) is -7.58. The van der Waals surface area contributed by atoms with E-state index in [-0.39, 0.29) is 16.3 Å². The highest BCUT2D eigenvalue weighted by molar-refractivity contribution is 9.11. The smallest absolute Gasteiger partial charge is 0.265 e. The zero-order chi connectivity index (χ0) is 17.7. The summed E-state index contributed by atoms with van der Waals surface area (Å²) in [5.74, 6) is 0. The second-order valence-electron chi connectivity index (χ2n) is 5.24. The van der Waals surface area contributed by atoms with Gasteiger partial charge >= 0.3 is 0 Å². The Hall–Kier alpha value is -0.940. The van der Waals surface area contributed by atoms with E-state index in [1.165, 1.54) is 28.6 Å². The molecule has 2 aromatic rings. The molecule has 10 heteroatoms. The Balaban J connectivity index is 2.08. The van der Waals surface area contributed by atoms with Crippen LogP contribution in [0.25, 0.3) is 0 Å². The molecule has 6 nitrogen and oxygen atoms in total. The SMILES string of the molecule is NS(=O)(=O)c1ccc2c(c1)CCN2S(=O)(=O)c1ccc(Br)cc1Br. The first kappa shape index (κ1) is 17.9. The summed E-state index contributed by atoms with van der Waals surface area (Å²) in [4.78, 5) is 0.124. The molecule has 0 unspecified atom stereocenters. The van der Waals surface area contributed by atoms with Crippen LogP contribution in [0.1, 0.15) is 5.56 Å². The fraction of sp³-hybridized carbons (Fsp3) is 0.143. The van der Waals surface area contributed by atoms with Crippen LogP contribution >= 0.6 is 31.9 Å². The second kappa shape index (κ2) is 6.10. The highest BCUT2D eigenvalue weighted by atomic mass is 79.9. The number of nitrogens with two attached hydrogens (primary N) is 1. The van der Waals surface area contributed by atoms with E-state index in [4.69, 9.17) is 5.14 Å². The Labute approximate surface area is 157 Å². The normalized spacial score (nSPS) is 14.7. The number of rotatable bonds is 3. The van der Waals surface area contributed by atoms with Gasteiger partial charge in [-0.3, -0.25) is 4.31 Å². The first-order valence-corrected chi connectivity index (χ1v) is 11.3. The zero-order valence-corrected chi connectivity index (χ0v) is 16.9. The minimum atomic E-state index is -3.82. The van der Waals surface area contributed by atoms with E-state index < -0.39 is 20.0 Å². The molecule has 0 saturated heterocycles. The van der Waals surface area contributed by atoms with Crippen LogP contribution < -0.4 is 9.44 Å². The third kappa shape index (κ3) is 3.13. The minimum Gasteiger partial charge on any atom is -0.266 e. The molecule has 1 heterocycles. The Morgan fingerprint density at radius 3 is 2.33 bits per heavy atom. The van der Waals surface area contributed by atoms with Gasteiger partial charge in [-0.05, 0) is 64.3 Å². The molecule has 0 bridgehead atoms. The third-order valence-corrected chi connectivity index (χ3v) is 7.89. The monoisotopic (exact) mass is 494 g/mol. The van der Waals surface area contributed by atoms with Crippen LogP contribution in [-0.2, 0) is 26.5 Å². The van der Waals surface area contributed by atoms with Crippen molar-refractivity contribution in [2.24, 2.45) is 5.14 Å². The van der Waals surface area contributed by atoms with E-state index in [9.17, 15) is 16.8 Å². The van der Waals surface area contributed by atoms with E-state index in [0.717, 1.165) is 4.47 Å². The highest BCUT2D eigenvalue weighted by Gasteiger charge is 2.32. The summed E-state index contributed by atoms with van der Waals surface area (Å²) in [6.07, 6.45) is 0.423. The van der Waals surface area contributed by atoms with Crippen molar-refractivity contribution in [3.05, 3.63) is 50.9 Å². The lowest BCUT2D eigenvalue weighted by atomic mass is 10.2. The molecule has 24 heavy (non-hydrogen) atoms. The Morgan fingerprint density at radius 2 is 1.71 bits per heavy atom. The van der Waals surface area contributed by atoms with Crippen LogP contribution in [0.5, 0.6) is 0 Å². The summed E-state index contributed by atoms with van der Waals surface area (Å²) >= 11 is 6.57. The summed E-state index contributed by atoms with van der Waals surface area (Å²) < 4.78 is 51.3. The van der Waals surface area contributed by atoms with Crippen LogP contribution in [0.4, 0.5) is 5.69 Å². The van der Waals surface area contributed by atoms with Crippen molar-refractivity contribution in [2.75, 3.05) is 10.8 Å². The third-order valence-electron chi connectivity index (χ3n) is 3.69. The van der Waals surface area contributed by atoms with Crippen molar-refractivity contribution in [3.63, 3.8) is 0 Å². The van der Waals surface area contributed by atoms with Crippen molar-refractivity contribution in [2.45, 2.75) is 16.2 Å². The van der Waals surface area contributed by atoms with Gasteiger partial charge in [0.05, 0.1) is 10.6 Å². The topological polar surface area (TPSA) is 97.5 Å². The molecule has 128 valence electrons. The van der Waals surface area contributed by atoms with Gasteiger partial charge in [-0.15, -0.1) is 0 Å². The molecule has 0 amide bonds. The lowest BCUT2D eigenvalue weighted by Gasteiger charge is -2.20. The highest BCUT2D eigenvalue weighted by Crippen LogP contribution is 2.36. The van der Waals surface area contributed by atoms with Crippen molar-refractivity contribution in [1.82, 2.24) is 0 Å². The number of fused-ring (bicyclic) bond motifs is 1. The van der Waals surface area contributed by atoms with Crippen molar-refractivity contribution >= 4 is 57.6 Å². The molecular weight excluding hydrogens is 484 g/mol. The van der Waals surface area contributed by atoms with Crippen LogP contribution in [0, 0.1) is 0 Å². The number of sulfonamides is 2. The van der Waals surface area contributed by atoms with Crippen LogP contribution in [0.2, 0.25) is 0 Å². The standard InChI is InChI=1S/C14H12Br2N2O4S2/c15-10-1-4-14(12(16)8-10)24(21,22)18-6-5-9-7-11(23(17,19)20)2-3-13(9)18/h1-4,7-8H,5-6H2,(H2,17,19,20). The van der Waals surface area contributed by atoms with Gasteiger partial charge in [-0.2, -0.15) is 0 Å². The fourth-order valence-electron chi connectivity index (χ4n) is 2.58. The average Bonchev–Trinajstić information content (AvgIpc) is 2.89. The molecule has 1 aliphatic rings. The lowest BCUT2D eigenvalue weighted by Crippen LogP contribution is -2.29. The number of halogens is 2. The van der Waals surface area contributed by atoms with E-state index in [2.05, 4.69) is 31.9 Å². The van der Waals surface area contributed by atoms with Gasteiger partial charge in [-0.25, -0.2) is 22.0 Å². The van der Waals surface area contributed by atoms with Gasteiger partial charge in [0.25, 0.3) is 10.0 Å².